The molecular weight excluding hydrogens is 506 g/mol. The molecule has 1 aliphatic carbocycles. The third-order valence-corrected chi connectivity index (χ3v) is 6.39. The molecule has 206 valence electrons. The van der Waals surface area contributed by atoms with E-state index in [-0.39, 0.29) is 23.6 Å². The average Bonchev–Trinajstić information content (AvgIpc) is 3.62. The number of carbonyl (C=O) groups is 3. The van der Waals surface area contributed by atoms with Gasteiger partial charge in [0.05, 0.1) is 10.7 Å². The van der Waals surface area contributed by atoms with Crippen LogP contribution in [0.4, 0.5) is 10.5 Å². The average molecular weight is 544 g/mol. The number of rotatable bonds is 9. The van der Waals surface area contributed by atoms with Crippen LogP contribution in [0.5, 0.6) is 5.75 Å². The van der Waals surface area contributed by atoms with Crippen molar-refractivity contribution in [3.8, 4) is 5.75 Å². The molecule has 0 heterocycles. The SMILES string of the molecule is Cc1cccc(Cl)c1NC(=O)C(c1cccc(O)c1)N(C(=O)C(CC(C)C)NC(=O)OC(C)(C)C)C1CC1. The summed E-state index contributed by atoms with van der Waals surface area (Å²) in [7, 11) is 0. The lowest BCUT2D eigenvalue weighted by atomic mass is 9.98. The highest BCUT2D eigenvalue weighted by molar-refractivity contribution is 6.34. The van der Waals surface area contributed by atoms with Crippen molar-refractivity contribution in [2.45, 2.75) is 84.5 Å². The maximum Gasteiger partial charge on any atom is 0.408 e. The molecule has 1 saturated carbocycles. The van der Waals surface area contributed by atoms with Crippen LogP contribution in [0.2, 0.25) is 5.02 Å². The van der Waals surface area contributed by atoms with E-state index in [1.807, 2.05) is 26.8 Å². The number of benzene rings is 2. The lowest BCUT2D eigenvalue weighted by Gasteiger charge is -2.35. The van der Waals surface area contributed by atoms with Gasteiger partial charge in [0, 0.05) is 6.04 Å². The van der Waals surface area contributed by atoms with Gasteiger partial charge in [0.25, 0.3) is 5.91 Å². The molecule has 0 bridgehead atoms. The quantitative estimate of drug-likeness (QED) is 0.361. The number of hydrogen-bond donors (Lipinski definition) is 3. The normalized spacial score (nSPS) is 14.9. The minimum atomic E-state index is -1.06. The number of aromatic hydroxyl groups is 1. The number of alkyl carbamates (subject to hydrolysis) is 1. The fraction of sp³-hybridized carbons (Fsp3) is 0.483. The van der Waals surface area contributed by atoms with Crippen molar-refractivity contribution >= 4 is 35.2 Å². The van der Waals surface area contributed by atoms with E-state index in [1.54, 1.807) is 49.9 Å². The van der Waals surface area contributed by atoms with E-state index in [9.17, 15) is 19.5 Å². The second kappa shape index (κ2) is 12.1. The Morgan fingerprint density at radius 1 is 1.13 bits per heavy atom. The Kier molecular flexibility index (Phi) is 9.31. The predicted octanol–water partition coefficient (Wildman–Crippen LogP) is 5.96. The van der Waals surface area contributed by atoms with Crippen LogP contribution in [0, 0.1) is 12.8 Å². The largest absolute Gasteiger partial charge is 0.508 e. The summed E-state index contributed by atoms with van der Waals surface area (Å²) in [5, 5.41) is 16.2. The molecule has 3 N–H and O–H groups in total. The molecule has 2 aromatic carbocycles. The van der Waals surface area contributed by atoms with E-state index >= 15 is 0 Å². The molecule has 2 unspecified atom stereocenters. The summed E-state index contributed by atoms with van der Waals surface area (Å²) in [5.41, 5.74) is 0.947. The second-order valence-corrected chi connectivity index (χ2v) is 11.6. The number of ether oxygens (including phenoxy) is 1. The highest BCUT2D eigenvalue weighted by atomic mass is 35.5. The van der Waals surface area contributed by atoms with Crippen molar-refractivity contribution in [3.05, 3.63) is 58.6 Å². The van der Waals surface area contributed by atoms with E-state index in [0.29, 0.717) is 22.7 Å². The minimum absolute atomic E-state index is 0.0250. The highest BCUT2D eigenvalue weighted by Gasteiger charge is 2.44. The first-order valence-electron chi connectivity index (χ1n) is 12.9. The standard InChI is InChI=1S/C29H38ClN3O5/c1-17(2)15-23(31-28(37)38-29(4,5)6)27(36)33(20-13-14-20)25(19-10-8-11-21(34)16-19)26(35)32-24-18(3)9-7-12-22(24)30/h7-12,16-17,20,23,25,34H,13-15H2,1-6H3,(H,31,37)(H,32,35). The van der Waals surface area contributed by atoms with Gasteiger partial charge in [-0.1, -0.05) is 49.7 Å². The molecule has 2 aromatic rings. The summed E-state index contributed by atoms with van der Waals surface area (Å²) in [4.78, 5) is 42.3. The van der Waals surface area contributed by atoms with Crippen molar-refractivity contribution < 1.29 is 24.2 Å². The van der Waals surface area contributed by atoms with E-state index in [1.165, 1.54) is 12.1 Å². The van der Waals surface area contributed by atoms with Gasteiger partial charge in [0.1, 0.15) is 23.4 Å². The number of nitrogens with one attached hydrogen (secondary N) is 2. The number of carbonyl (C=O) groups excluding carboxylic acids is 3. The molecule has 9 heteroatoms. The van der Waals surface area contributed by atoms with E-state index in [2.05, 4.69) is 10.6 Å². The molecular formula is C29H38ClN3O5. The van der Waals surface area contributed by atoms with Gasteiger partial charge in [-0.25, -0.2) is 4.79 Å². The zero-order valence-electron chi connectivity index (χ0n) is 22.9. The van der Waals surface area contributed by atoms with Crippen LogP contribution in [-0.4, -0.2) is 45.6 Å². The Morgan fingerprint density at radius 2 is 1.79 bits per heavy atom. The molecule has 38 heavy (non-hydrogen) atoms. The van der Waals surface area contributed by atoms with Gasteiger partial charge in [-0.3, -0.25) is 9.59 Å². The number of amides is 3. The summed E-state index contributed by atoms with van der Waals surface area (Å²) in [6.45, 7) is 11.0. The summed E-state index contributed by atoms with van der Waals surface area (Å²) < 4.78 is 5.42. The molecule has 1 fully saturated rings. The first kappa shape index (κ1) is 29.3. The number of anilines is 1. The molecule has 8 nitrogen and oxygen atoms in total. The number of hydrogen-bond acceptors (Lipinski definition) is 5. The van der Waals surface area contributed by atoms with Gasteiger partial charge in [-0.15, -0.1) is 0 Å². The lowest BCUT2D eigenvalue weighted by Crippen LogP contribution is -2.53. The molecule has 2 atom stereocenters. The van der Waals surface area contributed by atoms with E-state index < -0.39 is 29.7 Å². The maximum atomic E-state index is 14.1. The van der Waals surface area contributed by atoms with Crippen LogP contribution in [0.3, 0.4) is 0 Å². The van der Waals surface area contributed by atoms with Crippen molar-refractivity contribution in [2.24, 2.45) is 5.92 Å². The van der Waals surface area contributed by atoms with Gasteiger partial charge in [-0.05, 0) is 82.2 Å². The molecule has 0 spiro atoms. The molecule has 1 aliphatic rings. The Hall–Kier alpha value is -3.26. The van der Waals surface area contributed by atoms with Gasteiger partial charge in [-0.2, -0.15) is 0 Å². The molecule has 0 aliphatic heterocycles. The third kappa shape index (κ3) is 7.87. The van der Waals surface area contributed by atoms with Crippen LogP contribution in [0.25, 0.3) is 0 Å². The van der Waals surface area contributed by atoms with E-state index in [4.69, 9.17) is 16.3 Å². The number of halogens is 1. The topological polar surface area (TPSA) is 108 Å². The fourth-order valence-corrected chi connectivity index (χ4v) is 4.58. The summed E-state index contributed by atoms with van der Waals surface area (Å²) in [6, 6.07) is 9.46. The van der Waals surface area contributed by atoms with Crippen molar-refractivity contribution in [1.82, 2.24) is 10.2 Å². The highest BCUT2D eigenvalue weighted by Crippen LogP contribution is 2.38. The Morgan fingerprint density at radius 3 is 2.34 bits per heavy atom. The van der Waals surface area contributed by atoms with Gasteiger partial charge in [0.2, 0.25) is 5.91 Å². The smallest absolute Gasteiger partial charge is 0.408 e. The Bertz CT molecular complexity index is 1150. The lowest BCUT2D eigenvalue weighted by molar-refractivity contribution is -0.141. The van der Waals surface area contributed by atoms with Crippen LogP contribution < -0.4 is 10.6 Å². The van der Waals surface area contributed by atoms with Crippen molar-refractivity contribution in [1.29, 1.82) is 0 Å². The van der Waals surface area contributed by atoms with Crippen LogP contribution in [-0.2, 0) is 14.3 Å². The van der Waals surface area contributed by atoms with Crippen molar-refractivity contribution in [2.75, 3.05) is 5.32 Å². The van der Waals surface area contributed by atoms with Crippen LogP contribution in [0.1, 0.15) is 71.0 Å². The number of phenolic OH excluding ortho intramolecular Hbond substituents is 1. The van der Waals surface area contributed by atoms with E-state index in [0.717, 1.165) is 18.4 Å². The van der Waals surface area contributed by atoms with Gasteiger partial charge >= 0.3 is 6.09 Å². The molecule has 0 saturated heterocycles. The van der Waals surface area contributed by atoms with Gasteiger partial charge < -0.3 is 25.4 Å². The first-order chi connectivity index (χ1) is 17.8. The summed E-state index contributed by atoms with van der Waals surface area (Å²) in [6.07, 6.45) is 1.11. The zero-order chi connectivity index (χ0) is 28.2. The molecule has 3 amide bonds. The summed E-state index contributed by atoms with van der Waals surface area (Å²) in [5.74, 6) is -0.791. The first-order valence-corrected chi connectivity index (χ1v) is 13.3. The third-order valence-electron chi connectivity index (χ3n) is 6.07. The summed E-state index contributed by atoms with van der Waals surface area (Å²) >= 11 is 6.39. The fourth-order valence-electron chi connectivity index (χ4n) is 4.31. The predicted molar refractivity (Wildman–Crippen MR) is 148 cm³/mol. The molecule has 3 rings (SSSR count). The second-order valence-electron chi connectivity index (χ2n) is 11.2. The van der Waals surface area contributed by atoms with Crippen LogP contribution in [0.15, 0.2) is 42.5 Å². The minimum Gasteiger partial charge on any atom is -0.508 e. The monoisotopic (exact) mass is 543 g/mol. The Balaban J connectivity index is 2.02. The maximum absolute atomic E-state index is 14.1. The number of para-hydroxylation sites is 1. The number of phenols is 1. The molecule has 0 aromatic heterocycles. The van der Waals surface area contributed by atoms with Gasteiger partial charge in [0.15, 0.2) is 0 Å². The zero-order valence-corrected chi connectivity index (χ0v) is 23.6. The van der Waals surface area contributed by atoms with Crippen molar-refractivity contribution in [3.63, 3.8) is 0 Å². The number of nitrogens with zero attached hydrogens (tertiary/aromatic N) is 1. The van der Waals surface area contributed by atoms with Crippen LogP contribution >= 0.6 is 11.6 Å². The Labute approximate surface area is 229 Å². The number of aryl methyl sites for hydroxylation is 1. The molecule has 0 radical (unpaired) electrons.